The van der Waals surface area contributed by atoms with Crippen LogP contribution >= 0.6 is 21.6 Å². The molecular formula is C12H25NOS2. The molecule has 0 aromatic heterocycles. The van der Waals surface area contributed by atoms with Crippen LogP contribution in [0.5, 0.6) is 0 Å². The van der Waals surface area contributed by atoms with Crippen molar-refractivity contribution in [1.29, 1.82) is 0 Å². The Kier molecular flexibility index (Phi) is 8.60. The molecule has 1 unspecified atom stereocenters. The van der Waals surface area contributed by atoms with Crippen molar-refractivity contribution in [3.63, 3.8) is 0 Å². The van der Waals surface area contributed by atoms with Gasteiger partial charge in [0, 0.05) is 23.0 Å². The van der Waals surface area contributed by atoms with Crippen LogP contribution in [0.4, 0.5) is 0 Å². The maximum Gasteiger partial charge on any atom is 0.153 e. The molecule has 1 atom stereocenters. The van der Waals surface area contributed by atoms with E-state index in [-0.39, 0.29) is 12.0 Å². The van der Waals surface area contributed by atoms with Crippen LogP contribution in [-0.4, -0.2) is 28.9 Å². The predicted octanol–water partition coefficient (Wildman–Crippen LogP) is 3.37. The average molecular weight is 263 g/mol. The number of carbonyl (C=O) groups is 1. The zero-order chi connectivity index (χ0) is 12.7. The van der Waals surface area contributed by atoms with E-state index in [4.69, 9.17) is 0 Å². The molecule has 0 rings (SSSR count). The number of hydrogen-bond acceptors (Lipinski definition) is 4. The molecule has 0 amide bonds. The molecule has 0 aromatic carbocycles. The van der Waals surface area contributed by atoms with Gasteiger partial charge in [-0.15, -0.1) is 0 Å². The summed E-state index contributed by atoms with van der Waals surface area (Å²) in [5, 5.41) is 3.96. The van der Waals surface area contributed by atoms with Gasteiger partial charge in [-0.3, -0.25) is 4.79 Å². The molecule has 0 radical (unpaired) electrons. The molecule has 16 heavy (non-hydrogen) atoms. The van der Waals surface area contributed by atoms with Gasteiger partial charge in [-0.1, -0.05) is 63.1 Å². The minimum absolute atomic E-state index is 0.00347. The lowest BCUT2D eigenvalue weighted by molar-refractivity contribution is -0.123. The minimum atomic E-state index is -0.00347. The monoisotopic (exact) mass is 263 g/mol. The van der Waals surface area contributed by atoms with Crippen molar-refractivity contribution in [1.82, 2.24) is 5.32 Å². The minimum Gasteiger partial charge on any atom is -0.305 e. The Balaban J connectivity index is 4.15. The van der Waals surface area contributed by atoms with Crippen molar-refractivity contribution in [2.75, 3.05) is 5.75 Å². The molecule has 1 N–H and O–H groups in total. The quantitative estimate of drug-likeness (QED) is 0.680. The van der Waals surface area contributed by atoms with Crippen molar-refractivity contribution in [2.24, 2.45) is 5.92 Å². The summed E-state index contributed by atoms with van der Waals surface area (Å²) in [6.07, 6.45) is 0. The van der Waals surface area contributed by atoms with Crippen LogP contribution in [0.1, 0.15) is 41.5 Å². The van der Waals surface area contributed by atoms with Gasteiger partial charge in [0.1, 0.15) is 0 Å². The van der Waals surface area contributed by atoms with Gasteiger partial charge in [-0.25, -0.2) is 0 Å². The number of hydrogen-bond donors (Lipinski definition) is 1. The van der Waals surface area contributed by atoms with Crippen molar-refractivity contribution >= 4 is 27.4 Å². The highest BCUT2D eigenvalue weighted by molar-refractivity contribution is 8.76. The van der Waals surface area contributed by atoms with Crippen LogP contribution in [0, 0.1) is 5.92 Å². The van der Waals surface area contributed by atoms with Gasteiger partial charge in [0.2, 0.25) is 0 Å². The maximum atomic E-state index is 12.0. The summed E-state index contributed by atoms with van der Waals surface area (Å²) in [7, 11) is 3.63. The van der Waals surface area contributed by atoms with Gasteiger partial charge < -0.3 is 5.32 Å². The molecule has 0 aliphatic carbocycles. The number of carbonyl (C=O) groups excluding carboxylic acids is 1. The highest BCUT2D eigenvalue weighted by Crippen LogP contribution is 2.27. The molecular weight excluding hydrogens is 238 g/mol. The number of ketones is 1. The summed E-state index contributed by atoms with van der Waals surface area (Å²) in [5.41, 5.74) is 0. The maximum absolute atomic E-state index is 12.0. The van der Waals surface area contributed by atoms with E-state index in [9.17, 15) is 4.79 Å². The van der Waals surface area contributed by atoms with Crippen LogP contribution in [0.3, 0.4) is 0 Å². The normalized spacial score (nSPS) is 13.8. The fraction of sp³-hybridized carbons (Fsp3) is 0.917. The third-order valence-electron chi connectivity index (χ3n) is 1.94. The van der Waals surface area contributed by atoms with Gasteiger partial charge in [0.25, 0.3) is 0 Å². The SMILES string of the molecule is CC(C)NC(CSSC(C)C)C(=O)C(C)C. The lowest BCUT2D eigenvalue weighted by Crippen LogP contribution is -2.44. The van der Waals surface area contributed by atoms with Gasteiger partial charge in [0.05, 0.1) is 6.04 Å². The topological polar surface area (TPSA) is 29.1 Å². The molecule has 4 heteroatoms. The van der Waals surface area contributed by atoms with Gasteiger partial charge >= 0.3 is 0 Å². The third kappa shape index (κ3) is 7.58. The first-order valence-corrected chi connectivity index (χ1v) is 8.30. The molecule has 0 aromatic rings. The summed E-state index contributed by atoms with van der Waals surface area (Å²) in [4.78, 5) is 12.0. The van der Waals surface area contributed by atoms with Gasteiger partial charge in [-0.2, -0.15) is 0 Å². The molecule has 0 bridgehead atoms. The average Bonchev–Trinajstić information content (AvgIpc) is 2.13. The smallest absolute Gasteiger partial charge is 0.153 e. The van der Waals surface area contributed by atoms with Gasteiger partial charge in [0.15, 0.2) is 5.78 Å². The summed E-state index contributed by atoms with van der Waals surface area (Å²) in [6.45, 7) is 12.5. The second-order valence-corrected chi connectivity index (χ2v) is 7.85. The van der Waals surface area contributed by atoms with E-state index in [2.05, 4.69) is 33.0 Å². The van der Waals surface area contributed by atoms with Crippen LogP contribution in [0.15, 0.2) is 0 Å². The standard InChI is InChI=1S/C12H25NOS2/c1-8(2)12(14)11(13-9(3)4)7-15-16-10(5)6/h8-11,13H,7H2,1-6H3. The molecule has 0 spiro atoms. The van der Waals surface area contributed by atoms with E-state index in [1.165, 1.54) is 0 Å². The molecule has 0 saturated heterocycles. The second kappa shape index (κ2) is 8.43. The van der Waals surface area contributed by atoms with Crippen molar-refractivity contribution in [2.45, 2.75) is 58.9 Å². The number of nitrogens with one attached hydrogen (secondary N) is 1. The molecule has 96 valence electrons. The summed E-state index contributed by atoms with van der Waals surface area (Å²) in [6, 6.07) is 0.355. The van der Waals surface area contributed by atoms with Crippen LogP contribution in [0.2, 0.25) is 0 Å². The fourth-order valence-corrected chi connectivity index (χ4v) is 3.47. The number of rotatable bonds is 8. The van der Waals surface area contributed by atoms with Crippen LogP contribution in [-0.2, 0) is 4.79 Å². The van der Waals surface area contributed by atoms with Crippen molar-refractivity contribution in [3.05, 3.63) is 0 Å². The Hall–Kier alpha value is 0.330. The molecule has 2 nitrogen and oxygen atoms in total. The predicted molar refractivity (Wildman–Crippen MR) is 77.1 cm³/mol. The van der Waals surface area contributed by atoms with E-state index in [1.807, 2.05) is 24.6 Å². The molecule has 0 aliphatic rings. The largest absolute Gasteiger partial charge is 0.305 e. The number of Topliss-reactive ketones (excluding diaryl/α,β-unsaturated/α-hetero) is 1. The zero-order valence-corrected chi connectivity index (χ0v) is 12.9. The summed E-state index contributed by atoms with van der Waals surface area (Å²) >= 11 is 0. The van der Waals surface area contributed by atoms with E-state index < -0.39 is 0 Å². The second-order valence-electron chi connectivity index (χ2n) is 4.86. The Bertz CT molecular complexity index is 205. The van der Waals surface area contributed by atoms with Crippen LogP contribution in [0.25, 0.3) is 0 Å². The van der Waals surface area contributed by atoms with Crippen molar-refractivity contribution < 1.29 is 4.79 Å². The lowest BCUT2D eigenvalue weighted by Gasteiger charge is -2.21. The highest BCUT2D eigenvalue weighted by atomic mass is 33.1. The van der Waals surface area contributed by atoms with E-state index in [0.29, 0.717) is 17.1 Å². The molecule has 0 aliphatic heterocycles. The molecule has 0 saturated carbocycles. The first kappa shape index (κ1) is 16.3. The Labute approximate surface area is 108 Å². The Morgan fingerprint density at radius 1 is 1.12 bits per heavy atom. The summed E-state index contributed by atoms with van der Waals surface area (Å²) < 4.78 is 0. The molecule has 0 fully saturated rings. The Morgan fingerprint density at radius 3 is 2.06 bits per heavy atom. The first-order valence-electron chi connectivity index (χ1n) is 5.92. The van der Waals surface area contributed by atoms with Crippen molar-refractivity contribution in [3.8, 4) is 0 Å². The lowest BCUT2D eigenvalue weighted by atomic mass is 10.0. The van der Waals surface area contributed by atoms with Crippen LogP contribution < -0.4 is 5.32 Å². The van der Waals surface area contributed by atoms with E-state index in [0.717, 1.165) is 5.75 Å². The summed E-state index contributed by atoms with van der Waals surface area (Å²) in [5.74, 6) is 1.30. The fourth-order valence-electron chi connectivity index (χ4n) is 1.26. The highest BCUT2D eigenvalue weighted by Gasteiger charge is 2.21. The van der Waals surface area contributed by atoms with E-state index >= 15 is 0 Å². The van der Waals surface area contributed by atoms with E-state index in [1.54, 1.807) is 10.8 Å². The zero-order valence-electron chi connectivity index (χ0n) is 11.2. The third-order valence-corrected chi connectivity index (χ3v) is 4.90. The Morgan fingerprint density at radius 2 is 1.69 bits per heavy atom. The first-order chi connectivity index (χ1) is 7.34. The van der Waals surface area contributed by atoms with Gasteiger partial charge in [-0.05, 0) is 0 Å². The molecule has 0 heterocycles.